The van der Waals surface area contributed by atoms with Crippen molar-refractivity contribution in [2.24, 2.45) is 0 Å². The Hall–Kier alpha value is -1.91. The Balaban J connectivity index is 2.16. The van der Waals surface area contributed by atoms with Crippen LogP contribution in [0.3, 0.4) is 0 Å². The number of carboxylic acids is 1. The van der Waals surface area contributed by atoms with E-state index in [0.29, 0.717) is 11.6 Å². The van der Waals surface area contributed by atoms with Gasteiger partial charge in [-0.2, -0.15) is 0 Å². The average Bonchev–Trinajstić information content (AvgIpc) is 2.86. The molecule has 1 aliphatic heterocycles. The number of likely N-dealkylation sites (tertiary alicyclic amines) is 1. The number of carboxylic acid groups (broad SMARTS) is 1. The summed E-state index contributed by atoms with van der Waals surface area (Å²) in [4.78, 5) is 28.5. The molecule has 1 aromatic heterocycles. The Bertz CT molecular complexity index is 456. The summed E-state index contributed by atoms with van der Waals surface area (Å²) in [6.07, 6.45) is 4.37. The first-order valence-electron chi connectivity index (χ1n) is 6.13. The summed E-state index contributed by atoms with van der Waals surface area (Å²) in [5.41, 5.74) is 0.417. The van der Waals surface area contributed by atoms with Crippen LogP contribution in [0.5, 0.6) is 0 Å². The van der Waals surface area contributed by atoms with Crippen molar-refractivity contribution >= 4 is 11.9 Å². The largest absolute Gasteiger partial charge is 0.477 e. The molecule has 1 fully saturated rings. The van der Waals surface area contributed by atoms with Gasteiger partial charge in [0, 0.05) is 18.8 Å². The van der Waals surface area contributed by atoms with E-state index in [-0.39, 0.29) is 11.6 Å². The zero-order valence-corrected chi connectivity index (χ0v) is 10.3. The van der Waals surface area contributed by atoms with E-state index in [2.05, 4.69) is 11.9 Å². The SMILES string of the molecule is CCC1CCCN1C(=O)c1ccc(C(=O)O)nc1. The minimum Gasteiger partial charge on any atom is -0.477 e. The molecule has 1 amide bonds. The number of carbonyl (C=O) groups excluding carboxylic acids is 1. The maximum atomic E-state index is 12.2. The maximum absolute atomic E-state index is 12.2. The van der Waals surface area contributed by atoms with Crippen LogP contribution in [0, 0.1) is 0 Å². The van der Waals surface area contributed by atoms with E-state index in [1.54, 1.807) is 0 Å². The molecule has 18 heavy (non-hydrogen) atoms. The van der Waals surface area contributed by atoms with E-state index in [9.17, 15) is 9.59 Å². The van der Waals surface area contributed by atoms with E-state index >= 15 is 0 Å². The minimum atomic E-state index is -1.08. The standard InChI is InChI=1S/C13H16N2O3/c1-2-10-4-3-7-15(10)12(16)9-5-6-11(13(17)18)14-8-9/h5-6,8,10H,2-4,7H2,1H3,(H,17,18). The van der Waals surface area contributed by atoms with Crippen LogP contribution >= 0.6 is 0 Å². The molecular formula is C13H16N2O3. The van der Waals surface area contributed by atoms with Gasteiger partial charge in [-0.3, -0.25) is 4.79 Å². The number of hydrogen-bond donors (Lipinski definition) is 1. The fourth-order valence-electron chi connectivity index (χ4n) is 2.34. The van der Waals surface area contributed by atoms with Gasteiger partial charge in [0.25, 0.3) is 5.91 Å². The molecule has 5 heteroatoms. The molecule has 0 spiro atoms. The Morgan fingerprint density at radius 3 is 2.83 bits per heavy atom. The summed E-state index contributed by atoms with van der Waals surface area (Å²) in [7, 11) is 0. The van der Waals surface area contributed by atoms with Gasteiger partial charge in [-0.1, -0.05) is 6.92 Å². The zero-order valence-electron chi connectivity index (χ0n) is 10.3. The molecule has 1 N–H and O–H groups in total. The molecule has 1 unspecified atom stereocenters. The van der Waals surface area contributed by atoms with Gasteiger partial charge in [-0.15, -0.1) is 0 Å². The highest BCUT2D eigenvalue weighted by molar-refractivity contribution is 5.95. The van der Waals surface area contributed by atoms with Crippen LogP contribution in [0.2, 0.25) is 0 Å². The minimum absolute atomic E-state index is 0.0417. The fraction of sp³-hybridized carbons (Fsp3) is 0.462. The van der Waals surface area contributed by atoms with Crippen molar-refractivity contribution in [1.29, 1.82) is 0 Å². The lowest BCUT2D eigenvalue weighted by molar-refractivity contribution is 0.0685. The van der Waals surface area contributed by atoms with Gasteiger partial charge in [0.1, 0.15) is 5.69 Å². The zero-order chi connectivity index (χ0) is 13.1. The lowest BCUT2D eigenvalue weighted by atomic mass is 10.1. The van der Waals surface area contributed by atoms with Gasteiger partial charge >= 0.3 is 5.97 Å². The number of rotatable bonds is 3. The molecule has 0 saturated carbocycles. The van der Waals surface area contributed by atoms with Gasteiger partial charge in [0.05, 0.1) is 5.56 Å². The summed E-state index contributed by atoms with van der Waals surface area (Å²) in [6, 6.07) is 3.20. The number of amides is 1. The molecule has 1 atom stereocenters. The molecule has 0 bridgehead atoms. The average molecular weight is 248 g/mol. The van der Waals surface area contributed by atoms with Crippen molar-refractivity contribution in [2.75, 3.05) is 6.54 Å². The van der Waals surface area contributed by atoms with Gasteiger partial charge in [0.2, 0.25) is 0 Å². The van der Waals surface area contributed by atoms with Crippen molar-refractivity contribution in [3.05, 3.63) is 29.6 Å². The third-order valence-electron chi connectivity index (χ3n) is 3.34. The second-order valence-corrected chi connectivity index (χ2v) is 4.44. The van der Waals surface area contributed by atoms with Crippen LogP contribution in [0.15, 0.2) is 18.3 Å². The highest BCUT2D eigenvalue weighted by atomic mass is 16.4. The Kier molecular flexibility index (Phi) is 3.60. The van der Waals surface area contributed by atoms with Crippen LogP contribution in [0.25, 0.3) is 0 Å². The second kappa shape index (κ2) is 5.16. The Morgan fingerprint density at radius 2 is 2.28 bits per heavy atom. The number of aromatic carboxylic acids is 1. The van der Waals surface area contributed by atoms with Crippen LogP contribution in [-0.4, -0.2) is 39.5 Å². The molecular weight excluding hydrogens is 232 g/mol. The van der Waals surface area contributed by atoms with E-state index in [0.717, 1.165) is 25.8 Å². The fourth-order valence-corrected chi connectivity index (χ4v) is 2.34. The van der Waals surface area contributed by atoms with Crippen LogP contribution < -0.4 is 0 Å². The summed E-state index contributed by atoms with van der Waals surface area (Å²) in [5.74, 6) is -1.13. The van der Waals surface area contributed by atoms with Crippen molar-refractivity contribution in [3.63, 3.8) is 0 Å². The monoisotopic (exact) mass is 248 g/mol. The number of aromatic nitrogens is 1. The quantitative estimate of drug-likeness (QED) is 0.885. The van der Waals surface area contributed by atoms with E-state index in [1.807, 2.05) is 4.90 Å². The normalized spacial score (nSPS) is 18.9. The van der Waals surface area contributed by atoms with Crippen molar-refractivity contribution in [1.82, 2.24) is 9.88 Å². The van der Waals surface area contributed by atoms with Gasteiger partial charge < -0.3 is 10.0 Å². The first-order valence-corrected chi connectivity index (χ1v) is 6.13. The molecule has 2 heterocycles. The molecule has 96 valence electrons. The van der Waals surface area contributed by atoms with Crippen LogP contribution in [0.1, 0.15) is 47.0 Å². The van der Waals surface area contributed by atoms with E-state index in [4.69, 9.17) is 5.11 Å². The van der Waals surface area contributed by atoms with E-state index < -0.39 is 5.97 Å². The van der Waals surface area contributed by atoms with Crippen molar-refractivity contribution in [3.8, 4) is 0 Å². The number of carbonyl (C=O) groups is 2. The number of hydrogen-bond acceptors (Lipinski definition) is 3. The molecule has 2 rings (SSSR count). The summed E-state index contributed by atoms with van der Waals surface area (Å²) in [5, 5.41) is 8.75. The molecule has 5 nitrogen and oxygen atoms in total. The number of pyridine rings is 1. The molecule has 0 aromatic carbocycles. The highest BCUT2D eigenvalue weighted by Crippen LogP contribution is 2.22. The predicted octanol–water partition coefficient (Wildman–Crippen LogP) is 1.79. The summed E-state index contributed by atoms with van der Waals surface area (Å²) >= 11 is 0. The molecule has 1 aromatic rings. The van der Waals surface area contributed by atoms with Gasteiger partial charge in [-0.25, -0.2) is 9.78 Å². The third kappa shape index (κ3) is 2.34. The Morgan fingerprint density at radius 1 is 1.50 bits per heavy atom. The molecule has 0 aliphatic carbocycles. The van der Waals surface area contributed by atoms with Crippen LogP contribution in [0.4, 0.5) is 0 Å². The van der Waals surface area contributed by atoms with Crippen molar-refractivity contribution in [2.45, 2.75) is 32.2 Å². The summed E-state index contributed by atoms with van der Waals surface area (Å²) < 4.78 is 0. The van der Waals surface area contributed by atoms with Gasteiger partial charge in [-0.05, 0) is 31.4 Å². The van der Waals surface area contributed by atoms with Crippen LogP contribution in [-0.2, 0) is 0 Å². The lowest BCUT2D eigenvalue weighted by Crippen LogP contribution is -2.35. The molecule has 0 radical (unpaired) electrons. The van der Waals surface area contributed by atoms with Crippen molar-refractivity contribution < 1.29 is 14.7 Å². The Labute approximate surface area is 105 Å². The second-order valence-electron chi connectivity index (χ2n) is 4.44. The smallest absolute Gasteiger partial charge is 0.354 e. The number of nitrogens with zero attached hydrogens (tertiary/aromatic N) is 2. The molecule has 1 aliphatic rings. The third-order valence-corrected chi connectivity index (χ3v) is 3.34. The van der Waals surface area contributed by atoms with E-state index in [1.165, 1.54) is 18.3 Å². The molecule has 1 saturated heterocycles. The first kappa shape index (κ1) is 12.5. The first-order chi connectivity index (χ1) is 8.63. The van der Waals surface area contributed by atoms with Gasteiger partial charge in [0.15, 0.2) is 0 Å². The maximum Gasteiger partial charge on any atom is 0.354 e. The summed E-state index contributed by atoms with van der Waals surface area (Å²) in [6.45, 7) is 2.85. The highest BCUT2D eigenvalue weighted by Gasteiger charge is 2.28. The predicted molar refractivity (Wildman–Crippen MR) is 65.5 cm³/mol. The topological polar surface area (TPSA) is 70.5 Å². The lowest BCUT2D eigenvalue weighted by Gasteiger charge is -2.23.